The third-order valence-electron chi connectivity index (χ3n) is 2.59. The van der Waals surface area contributed by atoms with Crippen molar-refractivity contribution in [3.8, 4) is 0 Å². The molecule has 1 aromatic carbocycles. The maximum atomic E-state index is 11.6. The van der Waals surface area contributed by atoms with Gasteiger partial charge in [0.05, 0.1) is 5.92 Å². The fourth-order valence-corrected chi connectivity index (χ4v) is 1.71. The molecule has 0 aromatic heterocycles. The molecule has 0 heterocycles. The van der Waals surface area contributed by atoms with Crippen LogP contribution >= 0.6 is 0 Å². The minimum absolute atomic E-state index is 0.172. The Bertz CT molecular complexity index is 415. The number of carboxylic acids is 1. The van der Waals surface area contributed by atoms with Crippen LogP contribution in [0.4, 0.5) is 0 Å². The summed E-state index contributed by atoms with van der Waals surface area (Å²) in [4.78, 5) is 22.7. The fourth-order valence-electron chi connectivity index (χ4n) is 1.71. The first-order valence-corrected chi connectivity index (χ1v) is 5.71. The number of nitrogens with one attached hydrogen (secondary N) is 1. The normalized spacial score (nSPS) is 11.9. The lowest BCUT2D eigenvalue weighted by molar-refractivity contribution is -0.138. The molecule has 0 aliphatic heterocycles. The fraction of sp³-hybridized carbons (Fsp3) is 0.385. The van der Waals surface area contributed by atoms with Crippen LogP contribution in [-0.2, 0) is 4.79 Å². The number of aliphatic carboxylic acids is 1. The minimum atomic E-state index is -0.861. The molecule has 92 valence electrons. The Morgan fingerprint density at radius 1 is 1.35 bits per heavy atom. The molecular formula is C13H17NO3. The van der Waals surface area contributed by atoms with E-state index in [9.17, 15) is 9.59 Å². The predicted molar refractivity (Wildman–Crippen MR) is 65.1 cm³/mol. The zero-order valence-corrected chi connectivity index (χ0v) is 10.1. The monoisotopic (exact) mass is 235 g/mol. The molecule has 0 saturated carbocycles. The standard InChI is InChI=1S/C13H17NO3/c1-3-11(13(16)17)9-6-5-7-10(8-9)12(15)14-4-2/h5-8,11H,3-4H2,1-2H3,(H,14,15)(H,16,17). The van der Waals surface area contributed by atoms with Crippen molar-refractivity contribution in [1.29, 1.82) is 0 Å². The molecule has 1 atom stereocenters. The van der Waals surface area contributed by atoms with Crippen molar-refractivity contribution in [2.45, 2.75) is 26.2 Å². The highest BCUT2D eigenvalue weighted by molar-refractivity contribution is 5.94. The maximum Gasteiger partial charge on any atom is 0.310 e. The van der Waals surface area contributed by atoms with Crippen molar-refractivity contribution in [3.05, 3.63) is 35.4 Å². The van der Waals surface area contributed by atoms with Crippen LogP contribution in [0.3, 0.4) is 0 Å². The molecule has 0 bridgehead atoms. The van der Waals surface area contributed by atoms with Gasteiger partial charge >= 0.3 is 5.97 Å². The number of carboxylic acid groups (broad SMARTS) is 1. The summed E-state index contributed by atoms with van der Waals surface area (Å²) in [6.45, 7) is 4.21. The van der Waals surface area contributed by atoms with Crippen LogP contribution in [-0.4, -0.2) is 23.5 Å². The molecular weight excluding hydrogens is 218 g/mol. The molecule has 1 unspecified atom stereocenters. The summed E-state index contributed by atoms with van der Waals surface area (Å²) in [5.74, 6) is -1.58. The number of rotatable bonds is 5. The van der Waals surface area contributed by atoms with E-state index < -0.39 is 11.9 Å². The molecule has 0 radical (unpaired) electrons. The maximum absolute atomic E-state index is 11.6. The molecule has 2 N–H and O–H groups in total. The van der Waals surface area contributed by atoms with Gasteiger partial charge in [0.15, 0.2) is 0 Å². The van der Waals surface area contributed by atoms with Gasteiger partial charge in [-0.2, -0.15) is 0 Å². The molecule has 1 aromatic rings. The summed E-state index contributed by atoms with van der Waals surface area (Å²) in [7, 11) is 0. The molecule has 0 aliphatic rings. The molecule has 4 heteroatoms. The summed E-state index contributed by atoms with van der Waals surface area (Å²) >= 11 is 0. The van der Waals surface area contributed by atoms with Crippen LogP contribution in [0.25, 0.3) is 0 Å². The summed E-state index contributed by atoms with van der Waals surface area (Å²) in [5, 5.41) is 11.7. The van der Waals surface area contributed by atoms with Crippen molar-refractivity contribution >= 4 is 11.9 Å². The zero-order valence-electron chi connectivity index (χ0n) is 10.1. The van der Waals surface area contributed by atoms with Crippen LogP contribution < -0.4 is 5.32 Å². The Hall–Kier alpha value is -1.84. The highest BCUT2D eigenvalue weighted by Crippen LogP contribution is 2.20. The van der Waals surface area contributed by atoms with E-state index in [2.05, 4.69) is 5.32 Å². The Balaban J connectivity index is 2.99. The zero-order chi connectivity index (χ0) is 12.8. The average molecular weight is 235 g/mol. The highest BCUT2D eigenvalue weighted by Gasteiger charge is 2.18. The van der Waals surface area contributed by atoms with Crippen molar-refractivity contribution < 1.29 is 14.7 Å². The van der Waals surface area contributed by atoms with Gasteiger partial charge in [0.1, 0.15) is 0 Å². The van der Waals surface area contributed by atoms with E-state index in [1.807, 2.05) is 13.8 Å². The van der Waals surface area contributed by atoms with Crippen molar-refractivity contribution in [3.63, 3.8) is 0 Å². The molecule has 17 heavy (non-hydrogen) atoms. The van der Waals surface area contributed by atoms with Gasteiger partial charge in [0, 0.05) is 12.1 Å². The third-order valence-corrected chi connectivity index (χ3v) is 2.59. The van der Waals surface area contributed by atoms with Crippen LogP contribution in [0.15, 0.2) is 24.3 Å². The predicted octanol–water partition coefficient (Wildman–Crippen LogP) is 2.01. The Kier molecular flexibility index (Phi) is 4.69. The van der Waals surface area contributed by atoms with Gasteiger partial charge < -0.3 is 10.4 Å². The van der Waals surface area contributed by atoms with E-state index in [-0.39, 0.29) is 5.91 Å². The summed E-state index contributed by atoms with van der Waals surface area (Å²) in [6.07, 6.45) is 0.508. The van der Waals surface area contributed by atoms with Gasteiger partial charge in [0.2, 0.25) is 0 Å². The van der Waals surface area contributed by atoms with E-state index in [4.69, 9.17) is 5.11 Å². The molecule has 0 fully saturated rings. The SMILES string of the molecule is CCNC(=O)c1cccc(C(CC)C(=O)O)c1. The van der Waals surface area contributed by atoms with E-state index in [0.717, 1.165) is 0 Å². The molecule has 1 amide bonds. The lowest BCUT2D eigenvalue weighted by Gasteiger charge is -2.11. The summed E-state index contributed by atoms with van der Waals surface area (Å²) in [5.41, 5.74) is 1.17. The van der Waals surface area contributed by atoms with Gasteiger partial charge in [-0.05, 0) is 31.0 Å². The summed E-state index contributed by atoms with van der Waals surface area (Å²) in [6, 6.07) is 6.78. The summed E-state index contributed by atoms with van der Waals surface area (Å²) < 4.78 is 0. The van der Waals surface area contributed by atoms with Gasteiger partial charge in [-0.3, -0.25) is 9.59 Å². The first-order chi connectivity index (χ1) is 8.10. The number of hydrogen-bond donors (Lipinski definition) is 2. The highest BCUT2D eigenvalue weighted by atomic mass is 16.4. The smallest absolute Gasteiger partial charge is 0.310 e. The molecule has 0 spiro atoms. The van der Waals surface area contributed by atoms with Crippen molar-refractivity contribution in [2.75, 3.05) is 6.54 Å². The van der Waals surface area contributed by atoms with Crippen LogP contribution in [0.1, 0.15) is 42.1 Å². The average Bonchev–Trinajstić information content (AvgIpc) is 2.30. The van der Waals surface area contributed by atoms with Gasteiger partial charge in [-0.15, -0.1) is 0 Å². The van der Waals surface area contributed by atoms with Crippen LogP contribution in [0.2, 0.25) is 0 Å². The van der Waals surface area contributed by atoms with Crippen molar-refractivity contribution in [1.82, 2.24) is 5.32 Å². The number of amides is 1. The van der Waals surface area contributed by atoms with Crippen LogP contribution in [0, 0.1) is 0 Å². The second kappa shape index (κ2) is 6.03. The number of hydrogen-bond acceptors (Lipinski definition) is 2. The molecule has 4 nitrogen and oxygen atoms in total. The second-order valence-corrected chi connectivity index (χ2v) is 3.78. The lowest BCUT2D eigenvalue weighted by atomic mass is 9.95. The number of carbonyl (C=O) groups excluding carboxylic acids is 1. The van der Waals surface area contributed by atoms with Gasteiger partial charge in [-0.25, -0.2) is 0 Å². The van der Waals surface area contributed by atoms with Gasteiger partial charge in [0.25, 0.3) is 5.91 Å². The molecule has 0 saturated heterocycles. The Labute approximate surface area is 101 Å². The Morgan fingerprint density at radius 2 is 2.06 bits per heavy atom. The second-order valence-electron chi connectivity index (χ2n) is 3.78. The minimum Gasteiger partial charge on any atom is -0.481 e. The molecule has 0 aliphatic carbocycles. The Morgan fingerprint density at radius 3 is 2.59 bits per heavy atom. The van der Waals surface area contributed by atoms with Gasteiger partial charge in [-0.1, -0.05) is 19.1 Å². The number of benzene rings is 1. The third kappa shape index (κ3) is 3.31. The van der Waals surface area contributed by atoms with E-state index in [1.54, 1.807) is 24.3 Å². The van der Waals surface area contributed by atoms with Crippen molar-refractivity contribution in [2.24, 2.45) is 0 Å². The molecule has 1 rings (SSSR count). The topological polar surface area (TPSA) is 66.4 Å². The lowest BCUT2D eigenvalue weighted by Crippen LogP contribution is -2.23. The first-order valence-electron chi connectivity index (χ1n) is 5.71. The quantitative estimate of drug-likeness (QED) is 0.820. The first kappa shape index (κ1) is 13.2. The van der Waals surface area contributed by atoms with E-state index in [1.165, 1.54) is 0 Å². The van der Waals surface area contributed by atoms with Crippen LogP contribution in [0.5, 0.6) is 0 Å². The largest absolute Gasteiger partial charge is 0.481 e. The van der Waals surface area contributed by atoms with E-state index in [0.29, 0.717) is 24.1 Å². The van der Waals surface area contributed by atoms with E-state index >= 15 is 0 Å². The number of carbonyl (C=O) groups is 2.